The van der Waals surface area contributed by atoms with E-state index in [1.165, 1.54) is 12.8 Å². The fraction of sp³-hybridized carbons (Fsp3) is 0.500. The Morgan fingerprint density at radius 2 is 1.62 bits per heavy atom. The Labute approximate surface area is 234 Å². The van der Waals surface area contributed by atoms with E-state index in [4.69, 9.17) is 19.4 Å². The van der Waals surface area contributed by atoms with Crippen molar-refractivity contribution in [1.29, 1.82) is 0 Å². The zero-order valence-electron chi connectivity index (χ0n) is 22.9. The molecule has 5 heterocycles. The number of nitrogens with zero attached hydrogens (tertiary/aromatic N) is 5. The molecule has 10 nitrogen and oxygen atoms in total. The molecule has 3 aromatic heterocycles. The topological polar surface area (TPSA) is 105 Å². The lowest BCUT2D eigenvalue weighted by Crippen LogP contribution is -2.46. The highest BCUT2D eigenvalue weighted by Gasteiger charge is 2.28. The second kappa shape index (κ2) is 11.6. The number of ether oxygens (including phenoxy) is 2. The monoisotopic (exact) mass is 542 g/mol. The van der Waals surface area contributed by atoms with Crippen molar-refractivity contribution in [1.82, 2.24) is 29.6 Å². The Morgan fingerprint density at radius 3 is 2.42 bits per heavy atom. The van der Waals surface area contributed by atoms with Crippen LogP contribution in [0.5, 0.6) is 0 Å². The molecule has 3 N–H and O–H groups in total. The number of hydrogen-bond acceptors (Lipinski definition) is 8. The van der Waals surface area contributed by atoms with E-state index in [-0.39, 0.29) is 0 Å². The molecule has 1 saturated carbocycles. The molecule has 2 aliphatic heterocycles. The van der Waals surface area contributed by atoms with Crippen molar-refractivity contribution in [3.8, 4) is 11.1 Å². The Hall–Kier alpha value is -3.47. The van der Waals surface area contributed by atoms with E-state index >= 15 is 0 Å². The molecule has 40 heavy (non-hydrogen) atoms. The van der Waals surface area contributed by atoms with Gasteiger partial charge in [-0.25, -0.2) is 0 Å². The van der Waals surface area contributed by atoms with Crippen LogP contribution in [-0.4, -0.2) is 81.2 Å². The molecular formula is C30H38N8O2. The van der Waals surface area contributed by atoms with E-state index in [0.717, 1.165) is 98.9 Å². The predicted octanol–water partition coefficient (Wildman–Crippen LogP) is 4.97. The first-order valence-corrected chi connectivity index (χ1v) is 14.7. The van der Waals surface area contributed by atoms with Gasteiger partial charge < -0.3 is 25.1 Å². The molecule has 0 unspecified atom stereocenters. The smallest absolute Gasteiger partial charge is 0.231 e. The maximum absolute atomic E-state index is 5.57. The fourth-order valence-electron chi connectivity index (χ4n) is 6.44. The Kier molecular flexibility index (Phi) is 7.37. The minimum atomic E-state index is 0.370. The molecule has 3 aliphatic rings. The molecule has 3 fully saturated rings. The standard InChI is InChI=1S/C30H38N8O2/c1-2-4-21(5-3-1)26-19-31-28-27(26)29(33-22-6-8-24(9-7-22)37-12-16-40-17-13-37)36-30(35-28)34-23-18-32-38(20-23)25-10-14-39-15-11-25/h1-5,18-20,22,24-25H,6-17H2,(H3,31,33,34,35,36)/t22-,24-. The van der Waals surface area contributed by atoms with E-state index in [1.54, 1.807) is 0 Å². The van der Waals surface area contributed by atoms with Crippen LogP contribution in [0.3, 0.4) is 0 Å². The SMILES string of the molecule is c1ccc(-c2c[nH]c3nc(Nc4cnn(C5CCOCC5)c4)nc(N[C@H]4CC[C@H](N5CCOCC5)CC4)c23)cc1. The van der Waals surface area contributed by atoms with Gasteiger partial charge in [0.05, 0.1) is 36.5 Å². The summed E-state index contributed by atoms with van der Waals surface area (Å²) in [6.45, 7) is 5.39. The van der Waals surface area contributed by atoms with Crippen molar-refractivity contribution in [2.24, 2.45) is 0 Å². The third kappa shape index (κ3) is 5.43. The van der Waals surface area contributed by atoms with Gasteiger partial charge in [0, 0.05) is 56.3 Å². The van der Waals surface area contributed by atoms with Crippen molar-refractivity contribution in [2.75, 3.05) is 50.2 Å². The Balaban J connectivity index is 1.14. The summed E-state index contributed by atoms with van der Waals surface area (Å²) in [6.07, 6.45) is 12.6. The molecule has 1 aromatic carbocycles. The minimum Gasteiger partial charge on any atom is -0.381 e. The molecule has 0 amide bonds. The van der Waals surface area contributed by atoms with Crippen molar-refractivity contribution < 1.29 is 9.47 Å². The molecule has 0 atom stereocenters. The van der Waals surface area contributed by atoms with Crippen LogP contribution in [0.4, 0.5) is 17.5 Å². The first-order chi connectivity index (χ1) is 19.8. The van der Waals surface area contributed by atoms with Crippen molar-refractivity contribution in [2.45, 2.75) is 56.7 Å². The first kappa shape index (κ1) is 25.5. The summed E-state index contributed by atoms with van der Waals surface area (Å²) >= 11 is 0. The number of rotatable bonds is 7. The molecule has 0 bridgehead atoms. The van der Waals surface area contributed by atoms with Gasteiger partial charge in [-0.2, -0.15) is 15.1 Å². The lowest BCUT2D eigenvalue weighted by atomic mass is 9.90. The van der Waals surface area contributed by atoms with Crippen LogP contribution in [0.25, 0.3) is 22.2 Å². The zero-order chi connectivity index (χ0) is 26.7. The number of benzene rings is 1. The number of anilines is 3. The second-order valence-electron chi connectivity index (χ2n) is 11.2. The average Bonchev–Trinajstić information content (AvgIpc) is 3.67. The van der Waals surface area contributed by atoms with Gasteiger partial charge in [-0.15, -0.1) is 0 Å². The highest BCUT2D eigenvalue weighted by molar-refractivity contribution is 6.01. The lowest BCUT2D eigenvalue weighted by Gasteiger charge is -2.39. The molecule has 1 aliphatic carbocycles. The number of hydrogen-bond donors (Lipinski definition) is 3. The number of fused-ring (bicyclic) bond motifs is 1. The van der Waals surface area contributed by atoms with Crippen LogP contribution in [0, 0.1) is 0 Å². The largest absolute Gasteiger partial charge is 0.381 e. The van der Waals surface area contributed by atoms with Gasteiger partial charge in [-0.05, 0) is 44.1 Å². The Morgan fingerprint density at radius 1 is 0.850 bits per heavy atom. The average molecular weight is 543 g/mol. The van der Waals surface area contributed by atoms with Crippen molar-refractivity contribution >= 4 is 28.5 Å². The summed E-state index contributed by atoms with van der Waals surface area (Å²) in [5.74, 6) is 1.43. The second-order valence-corrected chi connectivity index (χ2v) is 11.2. The maximum Gasteiger partial charge on any atom is 0.231 e. The maximum atomic E-state index is 5.57. The van der Waals surface area contributed by atoms with Crippen molar-refractivity contribution in [3.05, 3.63) is 48.9 Å². The van der Waals surface area contributed by atoms with Crippen LogP contribution in [-0.2, 0) is 9.47 Å². The number of aromatic nitrogens is 5. The number of morpholine rings is 1. The quantitative estimate of drug-likeness (QED) is 0.301. The third-order valence-corrected chi connectivity index (χ3v) is 8.64. The molecule has 0 radical (unpaired) electrons. The summed E-state index contributed by atoms with van der Waals surface area (Å²) in [5, 5.41) is 12.9. The number of H-pyrrole nitrogens is 1. The van der Waals surface area contributed by atoms with Crippen molar-refractivity contribution in [3.63, 3.8) is 0 Å². The molecule has 7 rings (SSSR count). The summed E-state index contributed by atoms with van der Waals surface area (Å²) in [7, 11) is 0. The summed E-state index contributed by atoms with van der Waals surface area (Å²) in [4.78, 5) is 15.9. The predicted molar refractivity (Wildman–Crippen MR) is 156 cm³/mol. The number of aromatic amines is 1. The first-order valence-electron chi connectivity index (χ1n) is 14.7. The fourth-order valence-corrected chi connectivity index (χ4v) is 6.44. The van der Waals surface area contributed by atoms with Gasteiger partial charge in [0.25, 0.3) is 0 Å². The van der Waals surface area contributed by atoms with Crippen LogP contribution >= 0.6 is 0 Å². The van der Waals surface area contributed by atoms with E-state index in [2.05, 4.69) is 49.9 Å². The van der Waals surface area contributed by atoms with E-state index in [1.807, 2.05) is 29.3 Å². The van der Waals surface area contributed by atoms with Gasteiger partial charge >= 0.3 is 0 Å². The van der Waals surface area contributed by atoms with Crippen LogP contribution in [0.2, 0.25) is 0 Å². The summed E-state index contributed by atoms with van der Waals surface area (Å²) < 4.78 is 13.1. The van der Waals surface area contributed by atoms with E-state index in [9.17, 15) is 0 Å². The van der Waals surface area contributed by atoms with Gasteiger partial charge in [-0.1, -0.05) is 30.3 Å². The molecule has 210 valence electrons. The highest BCUT2D eigenvalue weighted by Crippen LogP contribution is 2.35. The van der Waals surface area contributed by atoms with Gasteiger partial charge in [0.15, 0.2) is 0 Å². The van der Waals surface area contributed by atoms with Crippen LogP contribution in [0.1, 0.15) is 44.6 Å². The molecule has 2 saturated heterocycles. The molecular weight excluding hydrogens is 504 g/mol. The summed E-state index contributed by atoms with van der Waals surface area (Å²) in [6, 6.07) is 11.9. The van der Waals surface area contributed by atoms with E-state index in [0.29, 0.717) is 24.1 Å². The van der Waals surface area contributed by atoms with Gasteiger partial charge in [0.1, 0.15) is 11.5 Å². The van der Waals surface area contributed by atoms with Crippen LogP contribution in [0.15, 0.2) is 48.9 Å². The normalized spacial score (nSPS) is 22.9. The molecule has 10 heteroatoms. The highest BCUT2D eigenvalue weighted by atomic mass is 16.5. The minimum absolute atomic E-state index is 0.370. The zero-order valence-corrected chi connectivity index (χ0v) is 22.9. The molecule has 4 aromatic rings. The van der Waals surface area contributed by atoms with Gasteiger partial charge in [-0.3, -0.25) is 9.58 Å². The molecule has 0 spiro atoms. The number of nitrogens with one attached hydrogen (secondary N) is 3. The van der Waals surface area contributed by atoms with E-state index < -0.39 is 0 Å². The lowest BCUT2D eigenvalue weighted by molar-refractivity contribution is 0.00791. The van der Waals surface area contributed by atoms with Crippen LogP contribution < -0.4 is 10.6 Å². The van der Waals surface area contributed by atoms with Gasteiger partial charge in [0.2, 0.25) is 5.95 Å². The third-order valence-electron chi connectivity index (χ3n) is 8.64. The summed E-state index contributed by atoms with van der Waals surface area (Å²) in [5.41, 5.74) is 3.96. The Bertz CT molecular complexity index is 1400.